The summed E-state index contributed by atoms with van der Waals surface area (Å²) in [5.74, 6) is -9.43. The summed E-state index contributed by atoms with van der Waals surface area (Å²) in [5, 5.41) is 4.34. The van der Waals surface area contributed by atoms with Gasteiger partial charge >= 0.3 is 5.92 Å². The Kier molecular flexibility index (Phi) is 9.06. The molecule has 0 fully saturated rings. The van der Waals surface area contributed by atoms with Gasteiger partial charge in [0.1, 0.15) is 18.1 Å². The summed E-state index contributed by atoms with van der Waals surface area (Å²) in [4.78, 5) is 54.7. The molecule has 0 saturated heterocycles. The molecular formula is C27H29F2N5O4. The summed E-state index contributed by atoms with van der Waals surface area (Å²) >= 11 is 0. The summed E-state index contributed by atoms with van der Waals surface area (Å²) in [5.41, 5.74) is 6.11. The van der Waals surface area contributed by atoms with Crippen LogP contribution in [0.5, 0.6) is 0 Å². The second-order valence-electron chi connectivity index (χ2n) is 9.01. The summed E-state index contributed by atoms with van der Waals surface area (Å²) in [6.07, 6.45) is 1.46. The first-order valence-electron chi connectivity index (χ1n) is 12.0. The molecule has 3 rings (SSSR count). The fraction of sp³-hybridized carbons (Fsp3) is 0.296. The highest BCUT2D eigenvalue weighted by atomic mass is 19.3. The lowest BCUT2D eigenvalue weighted by Crippen LogP contribution is -2.57. The van der Waals surface area contributed by atoms with Crippen LogP contribution in [0.1, 0.15) is 19.4 Å². The van der Waals surface area contributed by atoms with Crippen LogP contribution < -0.4 is 21.9 Å². The van der Waals surface area contributed by atoms with E-state index in [-0.39, 0.29) is 18.1 Å². The highest BCUT2D eigenvalue weighted by Gasteiger charge is 2.51. The Morgan fingerprint density at radius 1 is 1.03 bits per heavy atom. The highest BCUT2D eigenvalue weighted by Crippen LogP contribution is 2.21. The largest absolute Gasteiger partial charge is 0.393 e. The average molecular weight is 526 g/mol. The first kappa shape index (κ1) is 28.2. The number of alkyl halides is 2. The molecule has 38 heavy (non-hydrogen) atoms. The van der Waals surface area contributed by atoms with Gasteiger partial charge in [0.15, 0.2) is 0 Å². The Labute approximate surface area is 218 Å². The smallest absolute Gasteiger partial charge is 0.383 e. The van der Waals surface area contributed by atoms with Gasteiger partial charge in [0.25, 0.3) is 11.5 Å². The van der Waals surface area contributed by atoms with E-state index in [0.717, 1.165) is 16.3 Å². The number of Topliss-reactive ketones (excluding diaryl/α,β-unsaturated/α-hetero) is 1. The predicted octanol–water partition coefficient (Wildman–Crippen LogP) is 2.20. The van der Waals surface area contributed by atoms with Crippen LogP contribution in [0.3, 0.4) is 0 Å². The molecular weight excluding hydrogens is 496 g/mol. The van der Waals surface area contributed by atoms with Crippen LogP contribution in [-0.2, 0) is 27.3 Å². The molecule has 1 atom stereocenters. The molecule has 0 saturated carbocycles. The van der Waals surface area contributed by atoms with Gasteiger partial charge in [0, 0.05) is 12.1 Å². The van der Waals surface area contributed by atoms with Crippen molar-refractivity contribution in [2.75, 3.05) is 12.3 Å². The number of ketones is 1. The number of anilines is 1. The molecule has 4 N–H and O–H groups in total. The lowest BCUT2D eigenvalue weighted by Gasteiger charge is -2.25. The molecule has 0 radical (unpaired) electrons. The first-order chi connectivity index (χ1) is 18.0. The van der Waals surface area contributed by atoms with Gasteiger partial charge in [-0.2, -0.15) is 8.78 Å². The molecule has 9 nitrogen and oxygen atoms in total. The van der Waals surface area contributed by atoms with Gasteiger partial charge in [0.05, 0.1) is 12.2 Å². The van der Waals surface area contributed by atoms with Gasteiger partial charge in [-0.1, -0.05) is 74.5 Å². The molecule has 0 spiro atoms. The molecule has 0 bridgehead atoms. The van der Waals surface area contributed by atoms with E-state index in [4.69, 9.17) is 5.73 Å². The van der Waals surface area contributed by atoms with Crippen molar-refractivity contribution in [2.24, 2.45) is 5.92 Å². The second kappa shape index (κ2) is 12.2. The number of hydrogen-bond donors (Lipinski definition) is 3. The fourth-order valence-corrected chi connectivity index (χ4v) is 3.75. The molecule has 0 aliphatic heterocycles. The molecule has 1 aromatic heterocycles. The zero-order valence-electron chi connectivity index (χ0n) is 21.0. The van der Waals surface area contributed by atoms with Crippen molar-refractivity contribution in [3.63, 3.8) is 0 Å². The van der Waals surface area contributed by atoms with Crippen molar-refractivity contribution in [3.8, 4) is 11.4 Å². The topological polar surface area (TPSA) is 136 Å². The summed E-state index contributed by atoms with van der Waals surface area (Å²) in [6.45, 7) is 2.18. The minimum absolute atomic E-state index is 0.0992. The maximum absolute atomic E-state index is 14.8. The maximum Gasteiger partial charge on any atom is 0.383 e. The Bertz CT molecular complexity index is 1340. The molecule has 1 unspecified atom stereocenters. The molecule has 0 aliphatic carbocycles. The van der Waals surface area contributed by atoms with E-state index in [1.807, 2.05) is 0 Å². The van der Waals surface area contributed by atoms with Gasteiger partial charge < -0.3 is 16.4 Å². The number of rotatable bonds is 11. The van der Waals surface area contributed by atoms with Crippen molar-refractivity contribution < 1.29 is 23.2 Å². The molecule has 0 aliphatic rings. The number of halogens is 2. The number of benzene rings is 2. The summed E-state index contributed by atoms with van der Waals surface area (Å²) < 4.78 is 30.7. The van der Waals surface area contributed by atoms with Crippen molar-refractivity contribution in [2.45, 2.75) is 38.8 Å². The number of amides is 2. The standard InChI is InChI=1S/C27H29F2N5O4/c1-17(2)22(23(36)27(28,29)26(38)31-14-13-18-9-5-3-6-10-18)33-21(35)16-34-24(19-11-7-4-8-12-19)32-15-20(30)25(34)37/h3-12,15,17,22H,13-14,16,30H2,1-2H3,(H,31,38)(H,33,35). The number of nitrogens with two attached hydrogens (primary N) is 1. The lowest BCUT2D eigenvalue weighted by molar-refractivity contribution is -0.161. The lowest BCUT2D eigenvalue weighted by atomic mass is 9.95. The minimum Gasteiger partial charge on any atom is -0.393 e. The third kappa shape index (κ3) is 6.67. The van der Waals surface area contributed by atoms with Crippen molar-refractivity contribution in [1.29, 1.82) is 0 Å². The van der Waals surface area contributed by atoms with E-state index in [9.17, 15) is 28.0 Å². The third-order valence-corrected chi connectivity index (χ3v) is 5.81. The van der Waals surface area contributed by atoms with Crippen LogP contribution in [0.2, 0.25) is 0 Å². The SMILES string of the molecule is CC(C)C(NC(=O)Cn1c(-c2ccccc2)ncc(N)c1=O)C(=O)C(F)(F)C(=O)NCCc1ccccc1. The quantitative estimate of drug-likeness (QED) is 0.329. The molecule has 1 heterocycles. The van der Waals surface area contributed by atoms with Gasteiger partial charge in [-0.05, 0) is 17.9 Å². The van der Waals surface area contributed by atoms with Gasteiger partial charge in [-0.3, -0.25) is 23.7 Å². The van der Waals surface area contributed by atoms with Crippen LogP contribution in [0.15, 0.2) is 71.7 Å². The number of aromatic nitrogens is 2. The maximum atomic E-state index is 14.8. The van der Waals surface area contributed by atoms with Crippen LogP contribution in [0.25, 0.3) is 11.4 Å². The van der Waals surface area contributed by atoms with Gasteiger partial charge in [-0.25, -0.2) is 4.98 Å². The second-order valence-corrected chi connectivity index (χ2v) is 9.01. The van der Waals surface area contributed by atoms with Crippen molar-refractivity contribution >= 4 is 23.3 Å². The monoisotopic (exact) mass is 525 g/mol. The van der Waals surface area contributed by atoms with Crippen LogP contribution in [0, 0.1) is 5.92 Å². The Morgan fingerprint density at radius 3 is 2.24 bits per heavy atom. The Balaban J connectivity index is 1.73. The first-order valence-corrected chi connectivity index (χ1v) is 12.0. The zero-order chi connectivity index (χ0) is 27.9. The van der Waals surface area contributed by atoms with E-state index in [1.165, 1.54) is 13.8 Å². The molecule has 200 valence electrons. The normalized spacial score (nSPS) is 12.1. The number of nitrogens with zero attached hydrogens (tertiary/aromatic N) is 2. The van der Waals surface area contributed by atoms with E-state index in [2.05, 4.69) is 15.6 Å². The number of hydrogen-bond acceptors (Lipinski definition) is 6. The van der Waals surface area contributed by atoms with Gasteiger partial charge in [0.2, 0.25) is 11.7 Å². The van der Waals surface area contributed by atoms with Crippen molar-refractivity contribution in [3.05, 3.63) is 82.8 Å². The minimum atomic E-state index is -4.39. The number of carbonyl (C=O) groups excluding carboxylic acids is 3. The summed E-state index contributed by atoms with van der Waals surface area (Å²) in [7, 11) is 0. The van der Waals surface area contributed by atoms with E-state index in [0.29, 0.717) is 12.0 Å². The Morgan fingerprint density at radius 2 is 1.63 bits per heavy atom. The van der Waals surface area contributed by atoms with E-state index in [1.54, 1.807) is 60.7 Å². The van der Waals surface area contributed by atoms with Crippen LogP contribution >= 0.6 is 0 Å². The molecule has 2 amide bonds. The number of nitrogen functional groups attached to an aromatic ring is 1. The predicted molar refractivity (Wildman–Crippen MR) is 138 cm³/mol. The van der Waals surface area contributed by atoms with Gasteiger partial charge in [-0.15, -0.1) is 0 Å². The van der Waals surface area contributed by atoms with E-state index >= 15 is 0 Å². The molecule has 3 aromatic rings. The number of carbonyl (C=O) groups is 3. The summed E-state index contributed by atoms with van der Waals surface area (Å²) in [6, 6.07) is 15.8. The fourth-order valence-electron chi connectivity index (χ4n) is 3.75. The molecule has 2 aromatic carbocycles. The third-order valence-electron chi connectivity index (χ3n) is 5.81. The number of nitrogens with one attached hydrogen (secondary N) is 2. The van der Waals surface area contributed by atoms with Crippen LogP contribution in [-0.4, -0.2) is 45.7 Å². The highest BCUT2D eigenvalue weighted by molar-refractivity contribution is 6.10. The zero-order valence-corrected chi connectivity index (χ0v) is 21.0. The average Bonchev–Trinajstić information content (AvgIpc) is 2.90. The Hall–Kier alpha value is -4.41. The van der Waals surface area contributed by atoms with E-state index < -0.39 is 47.6 Å². The molecule has 11 heteroatoms. The van der Waals surface area contributed by atoms with Crippen LogP contribution in [0.4, 0.5) is 14.5 Å². The van der Waals surface area contributed by atoms with Crippen molar-refractivity contribution in [1.82, 2.24) is 20.2 Å².